The Balaban J connectivity index is 1.76. The summed E-state index contributed by atoms with van der Waals surface area (Å²) in [4.78, 5) is 11.4. The van der Waals surface area contributed by atoms with Gasteiger partial charge >= 0.3 is 0 Å². The standard InChI is InChI=1S/C31H34FN5O5S/c1-5-22-24(32)9-8-20-16-21(42-18-40-4)17-23(26(20)22)29-19(3)28-27(25-10-11-33-37(25)29)30(36-12-7-14-41-15-13-36)35-31(34-28)43(38,39)6-2/h8-11,16-17H,5-7,12-15,18H2,1-4H3. The number of aromatic nitrogens is 4. The van der Waals surface area contributed by atoms with Crippen LogP contribution in [0, 0.1) is 12.7 Å². The molecule has 1 saturated heterocycles. The Morgan fingerprint density at radius 1 is 1.07 bits per heavy atom. The average molecular weight is 608 g/mol. The van der Waals surface area contributed by atoms with E-state index in [4.69, 9.17) is 24.3 Å². The van der Waals surface area contributed by atoms with Crippen LogP contribution in [0.25, 0.3) is 38.4 Å². The summed E-state index contributed by atoms with van der Waals surface area (Å²) < 4.78 is 60.2. The number of rotatable bonds is 8. The highest BCUT2D eigenvalue weighted by molar-refractivity contribution is 7.91. The molecule has 43 heavy (non-hydrogen) atoms. The second-order valence-electron chi connectivity index (χ2n) is 10.5. The number of benzene rings is 2. The molecule has 10 nitrogen and oxygen atoms in total. The van der Waals surface area contributed by atoms with Crippen molar-refractivity contribution >= 4 is 42.8 Å². The molecule has 0 unspecified atom stereocenters. The highest BCUT2D eigenvalue weighted by atomic mass is 32.2. The van der Waals surface area contributed by atoms with Crippen LogP contribution in [-0.2, 0) is 25.7 Å². The van der Waals surface area contributed by atoms with Crippen molar-refractivity contribution in [3.05, 3.63) is 53.5 Å². The molecule has 0 radical (unpaired) electrons. The van der Waals surface area contributed by atoms with Crippen LogP contribution in [0.3, 0.4) is 0 Å². The third-order valence-electron chi connectivity index (χ3n) is 7.96. The molecule has 1 fully saturated rings. The molecule has 12 heteroatoms. The van der Waals surface area contributed by atoms with E-state index in [9.17, 15) is 8.42 Å². The third kappa shape index (κ3) is 5.07. The first kappa shape index (κ1) is 29.2. The summed E-state index contributed by atoms with van der Waals surface area (Å²) in [5.41, 5.74) is 3.80. The van der Waals surface area contributed by atoms with Crippen molar-refractivity contribution in [2.45, 2.75) is 38.8 Å². The Labute approximate surface area is 249 Å². The number of anilines is 1. The first-order valence-electron chi connectivity index (χ1n) is 14.4. The van der Waals surface area contributed by atoms with Crippen molar-refractivity contribution in [1.82, 2.24) is 19.6 Å². The van der Waals surface area contributed by atoms with Crippen molar-refractivity contribution in [3.8, 4) is 17.0 Å². The van der Waals surface area contributed by atoms with Crippen LogP contribution < -0.4 is 9.64 Å². The van der Waals surface area contributed by atoms with Crippen LogP contribution >= 0.6 is 0 Å². The van der Waals surface area contributed by atoms with Gasteiger partial charge in [-0.2, -0.15) is 5.10 Å². The molecule has 0 amide bonds. The molecule has 4 heterocycles. The van der Waals surface area contributed by atoms with Gasteiger partial charge in [0.25, 0.3) is 0 Å². The summed E-state index contributed by atoms with van der Waals surface area (Å²) in [5.74, 6) is 0.635. The fraction of sp³-hybridized carbons (Fsp3) is 0.387. The number of pyridine rings is 1. The summed E-state index contributed by atoms with van der Waals surface area (Å²) in [6.07, 6.45) is 2.93. The Hall–Kier alpha value is -3.87. The fourth-order valence-electron chi connectivity index (χ4n) is 5.88. The van der Waals surface area contributed by atoms with Gasteiger partial charge in [-0.05, 0) is 60.4 Å². The van der Waals surface area contributed by atoms with Gasteiger partial charge in [0, 0.05) is 37.9 Å². The maximum Gasteiger partial charge on any atom is 0.249 e. The number of halogens is 1. The van der Waals surface area contributed by atoms with Gasteiger partial charge in [-0.25, -0.2) is 27.3 Å². The van der Waals surface area contributed by atoms with E-state index in [0.717, 1.165) is 17.2 Å². The lowest BCUT2D eigenvalue weighted by Gasteiger charge is -2.25. The van der Waals surface area contributed by atoms with Crippen LogP contribution in [0.15, 0.2) is 41.7 Å². The quantitative estimate of drug-likeness (QED) is 0.176. The van der Waals surface area contributed by atoms with Crippen LogP contribution in [0.2, 0.25) is 0 Å². The lowest BCUT2D eigenvalue weighted by Crippen LogP contribution is -2.28. The predicted octanol–water partition coefficient (Wildman–Crippen LogP) is 5.11. The highest BCUT2D eigenvalue weighted by Crippen LogP contribution is 2.42. The topological polar surface area (TPSA) is 108 Å². The van der Waals surface area contributed by atoms with Crippen LogP contribution in [0.4, 0.5) is 10.2 Å². The molecule has 0 saturated carbocycles. The lowest BCUT2D eigenvalue weighted by atomic mass is 9.92. The van der Waals surface area contributed by atoms with E-state index in [1.165, 1.54) is 6.07 Å². The van der Waals surface area contributed by atoms with Gasteiger partial charge in [-0.3, -0.25) is 0 Å². The molecular weight excluding hydrogens is 573 g/mol. The molecule has 0 aliphatic carbocycles. The zero-order valence-corrected chi connectivity index (χ0v) is 25.5. The molecule has 0 N–H and O–H groups in total. The van der Waals surface area contributed by atoms with Gasteiger partial charge in [0.2, 0.25) is 15.0 Å². The van der Waals surface area contributed by atoms with Crippen LogP contribution in [0.1, 0.15) is 31.4 Å². The van der Waals surface area contributed by atoms with Gasteiger partial charge in [0.05, 0.1) is 40.7 Å². The monoisotopic (exact) mass is 607 g/mol. The first-order valence-corrected chi connectivity index (χ1v) is 16.0. The number of aryl methyl sites for hydroxylation is 2. The van der Waals surface area contributed by atoms with E-state index in [1.807, 2.05) is 36.6 Å². The summed E-state index contributed by atoms with van der Waals surface area (Å²) in [6.45, 7) is 7.76. The Kier molecular flexibility index (Phi) is 7.92. The smallest absolute Gasteiger partial charge is 0.249 e. The molecular formula is C31H34FN5O5S. The molecule has 3 aromatic heterocycles. The third-order valence-corrected chi connectivity index (χ3v) is 9.46. The number of hydrogen-bond donors (Lipinski definition) is 0. The Morgan fingerprint density at radius 3 is 2.67 bits per heavy atom. The van der Waals surface area contributed by atoms with Crippen molar-refractivity contribution in [1.29, 1.82) is 0 Å². The normalized spacial score (nSPS) is 14.6. The maximum absolute atomic E-state index is 15.3. The molecule has 0 spiro atoms. The SMILES string of the molecule is CCc1c(F)ccc2cc(OCOC)cc(-c3c(C)c4nc(S(=O)(=O)CC)nc(N5CCCOCC5)c4c4ccnn34)c12. The zero-order chi connectivity index (χ0) is 30.3. The second-order valence-corrected chi connectivity index (χ2v) is 12.7. The minimum atomic E-state index is -3.75. The number of nitrogens with zero attached hydrogens (tertiary/aromatic N) is 5. The minimum absolute atomic E-state index is 0.0367. The van der Waals surface area contributed by atoms with E-state index in [0.29, 0.717) is 83.1 Å². The number of fused-ring (bicyclic) bond motifs is 4. The van der Waals surface area contributed by atoms with Gasteiger partial charge in [0.15, 0.2) is 6.79 Å². The molecule has 5 aromatic rings. The Morgan fingerprint density at radius 2 is 1.91 bits per heavy atom. The van der Waals surface area contributed by atoms with E-state index in [2.05, 4.69) is 9.88 Å². The molecule has 226 valence electrons. The van der Waals surface area contributed by atoms with Crippen molar-refractivity contribution in [2.24, 2.45) is 0 Å². The molecule has 1 aliphatic heterocycles. The van der Waals surface area contributed by atoms with Gasteiger partial charge in [-0.1, -0.05) is 19.9 Å². The molecule has 1 aliphatic rings. The maximum atomic E-state index is 15.3. The second kappa shape index (κ2) is 11.7. The van der Waals surface area contributed by atoms with Gasteiger partial charge in [-0.15, -0.1) is 0 Å². The number of hydrogen-bond acceptors (Lipinski definition) is 9. The Bertz CT molecular complexity index is 1950. The first-order chi connectivity index (χ1) is 20.8. The van der Waals surface area contributed by atoms with E-state index in [1.54, 1.807) is 26.3 Å². The predicted molar refractivity (Wildman–Crippen MR) is 163 cm³/mol. The highest BCUT2D eigenvalue weighted by Gasteiger charge is 2.28. The lowest BCUT2D eigenvalue weighted by molar-refractivity contribution is 0.0512. The number of ether oxygens (including phenoxy) is 3. The summed E-state index contributed by atoms with van der Waals surface area (Å²) in [6, 6.07) is 8.79. The molecule has 6 rings (SSSR count). The van der Waals surface area contributed by atoms with Gasteiger partial charge < -0.3 is 19.1 Å². The van der Waals surface area contributed by atoms with Crippen molar-refractivity contribution in [3.63, 3.8) is 0 Å². The largest absolute Gasteiger partial charge is 0.468 e. The fourth-order valence-corrected chi connectivity index (χ4v) is 6.59. The minimum Gasteiger partial charge on any atom is -0.468 e. The van der Waals surface area contributed by atoms with Crippen molar-refractivity contribution in [2.75, 3.05) is 50.9 Å². The van der Waals surface area contributed by atoms with Gasteiger partial charge in [0.1, 0.15) is 17.4 Å². The van der Waals surface area contributed by atoms with Crippen LogP contribution in [-0.4, -0.2) is 74.0 Å². The van der Waals surface area contributed by atoms with E-state index in [-0.39, 0.29) is 23.5 Å². The average Bonchev–Trinajstić information content (AvgIpc) is 3.33. The molecule has 2 aromatic carbocycles. The van der Waals surface area contributed by atoms with E-state index < -0.39 is 9.84 Å². The molecule has 0 bridgehead atoms. The summed E-state index contributed by atoms with van der Waals surface area (Å²) in [5, 5.41) is 6.72. The zero-order valence-electron chi connectivity index (χ0n) is 24.7. The number of sulfone groups is 1. The van der Waals surface area contributed by atoms with Crippen molar-refractivity contribution < 1.29 is 27.0 Å². The molecule has 0 atom stereocenters. The number of methoxy groups -OCH3 is 1. The summed E-state index contributed by atoms with van der Waals surface area (Å²) >= 11 is 0. The van der Waals surface area contributed by atoms with Crippen LogP contribution in [0.5, 0.6) is 5.75 Å². The summed E-state index contributed by atoms with van der Waals surface area (Å²) in [7, 11) is -2.20. The van der Waals surface area contributed by atoms with E-state index >= 15 is 4.39 Å².